The molecule has 0 atom stereocenters. The maximum absolute atomic E-state index is 11.2. The van der Waals surface area contributed by atoms with Crippen molar-refractivity contribution in [2.75, 3.05) is 6.61 Å². The summed E-state index contributed by atoms with van der Waals surface area (Å²) in [5.74, 6) is 0.0622. The summed E-state index contributed by atoms with van der Waals surface area (Å²) in [6.07, 6.45) is 1.62. The number of hydrogen-bond donors (Lipinski definition) is 0. The summed E-state index contributed by atoms with van der Waals surface area (Å²) in [5.41, 5.74) is 0.300. The fourth-order valence-corrected chi connectivity index (χ4v) is 1.36. The van der Waals surface area contributed by atoms with Gasteiger partial charge in [-0.25, -0.2) is 9.78 Å². The van der Waals surface area contributed by atoms with Crippen molar-refractivity contribution >= 4 is 17.5 Å². The highest BCUT2D eigenvalue weighted by atomic mass is 16.7. The average Bonchev–Trinajstić information content (AvgIpc) is 2.72. The van der Waals surface area contributed by atoms with Crippen molar-refractivity contribution in [2.24, 2.45) is 0 Å². The zero-order valence-corrected chi connectivity index (χ0v) is 9.40. The van der Waals surface area contributed by atoms with Crippen LogP contribution in [-0.2, 0) is 4.74 Å². The fourth-order valence-electron chi connectivity index (χ4n) is 1.36. The molecule has 0 amide bonds. The maximum Gasteiger partial charge on any atom is 0.515 e. The zero-order chi connectivity index (χ0) is 13.1. The number of carbonyl (C=O) groups excluding carboxylic acids is 1. The minimum atomic E-state index is -0.884. The Bertz CT molecular complexity index is 607. The standard InChI is InChI=1S/C10H9N3O5/c1-2-17-10(14)18-9-5-11-8-4-3-7(13(15)16)6-12(8)9/h3-6H,2H2,1H3. The lowest BCUT2D eigenvalue weighted by Gasteiger charge is -2.03. The maximum atomic E-state index is 11.2. The molecule has 0 unspecified atom stereocenters. The fraction of sp³-hybridized carbons (Fsp3) is 0.200. The second kappa shape index (κ2) is 4.70. The van der Waals surface area contributed by atoms with E-state index in [2.05, 4.69) is 9.72 Å². The highest BCUT2D eigenvalue weighted by Crippen LogP contribution is 2.19. The first kappa shape index (κ1) is 11.8. The molecule has 0 N–H and O–H groups in total. The Kier molecular flexibility index (Phi) is 3.09. The van der Waals surface area contributed by atoms with Gasteiger partial charge in [-0.1, -0.05) is 0 Å². The van der Waals surface area contributed by atoms with Gasteiger partial charge in [-0.15, -0.1) is 0 Å². The van der Waals surface area contributed by atoms with Crippen LogP contribution < -0.4 is 4.74 Å². The summed E-state index contributed by atoms with van der Waals surface area (Å²) in [4.78, 5) is 25.2. The van der Waals surface area contributed by atoms with E-state index in [4.69, 9.17) is 4.74 Å². The number of fused-ring (bicyclic) bond motifs is 1. The quantitative estimate of drug-likeness (QED) is 0.468. The smallest absolute Gasteiger partial charge is 0.434 e. The molecule has 2 rings (SSSR count). The molecule has 2 aromatic rings. The molecule has 0 aliphatic heterocycles. The summed E-state index contributed by atoms with van der Waals surface area (Å²) >= 11 is 0. The van der Waals surface area contributed by atoms with E-state index in [1.807, 2.05) is 0 Å². The van der Waals surface area contributed by atoms with Crippen LogP contribution in [0.2, 0.25) is 0 Å². The SMILES string of the molecule is CCOC(=O)Oc1cnc2ccc([N+](=O)[O-])cn12. The Hall–Kier alpha value is -2.64. The summed E-state index contributed by atoms with van der Waals surface area (Å²) in [6.45, 7) is 1.82. The molecule has 2 aromatic heterocycles. The molecule has 8 heteroatoms. The van der Waals surface area contributed by atoms with Crippen LogP contribution in [0.4, 0.5) is 10.5 Å². The number of nitrogens with zero attached hydrogens (tertiary/aromatic N) is 3. The topological polar surface area (TPSA) is 96.0 Å². The van der Waals surface area contributed by atoms with E-state index in [0.29, 0.717) is 5.65 Å². The molecular formula is C10H9N3O5. The third kappa shape index (κ3) is 2.21. The Balaban J connectivity index is 2.36. The predicted octanol–water partition coefficient (Wildman–Crippen LogP) is 1.78. The highest BCUT2D eigenvalue weighted by Gasteiger charge is 2.13. The first-order chi connectivity index (χ1) is 8.61. The molecule has 0 fully saturated rings. The van der Waals surface area contributed by atoms with Gasteiger partial charge in [-0.2, -0.15) is 0 Å². The van der Waals surface area contributed by atoms with Crippen LogP contribution in [0.5, 0.6) is 5.88 Å². The number of imidazole rings is 1. The summed E-state index contributed by atoms with van der Waals surface area (Å²) in [6, 6.07) is 2.77. The van der Waals surface area contributed by atoms with Gasteiger partial charge in [-0.3, -0.25) is 14.5 Å². The molecule has 0 bridgehead atoms. The first-order valence-corrected chi connectivity index (χ1v) is 5.08. The van der Waals surface area contributed by atoms with Gasteiger partial charge in [0.1, 0.15) is 5.65 Å². The third-order valence-corrected chi connectivity index (χ3v) is 2.12. The number of ether oxygens (including phenoxy) is 2. The van der Waals surface area contributed by atoms with Gasteiger partial charge in [0.05, 0.1) is 23.9 Å². The number of carbonyl (C=O) groups is 1. The molecule has 0 spiro atoms. The number of aromatic nitrogens is 2. The predicted molar refractivity (Wildman–Crippen MR) is 59.5 cm³/mol. The Morgan fingerprint density at radius 1 is 1.56 bits per heavy atom. The van der Waals surface area contributed by atoms with E-state index >= 15 is 0 Å². The van der Waals surface area contributed by atoms with Gasteiger partial charge in [0.2, 0.25) is 5.88 Å². The van der Waals surface area contributed by atoms with Gasteiger partial charge >= 0.3 is 6.16 Å². The van der Waals surface area contributed by atoms with Crippen LogP contribution in [0.3, 0.4) is 0 Å². The van der Waals surface area contributed by atoms with Crippen molar-refractivity contribution in [3.8, 4) is 5.88 Å². The Morgan fingerprint density at radius 3 is 3.00 bits per heavy atom. The van der Waals surface area contributed by atoms with Crippen LogP contribution in [0, 0.1) is 10.1 Å². The second-order valence-electron chi connectivity index (χ2n) is 3.25. The van der Waals surface area contributed by atoms with Gasteiger partial charge in [-0.05, 0) is 13.0 Å². The van der Waals surface area contributed by atoms with Crippen molar-refractivity contribution in [1.29, 1.82) is 0 Å². The monoisotopic (exact) mass is 251 g/mol. The van der Waals surface area contributed by atoms with Gasteiger partial charge < -0.3 is 9.47 Å². The Morgan fingerprint density at radius 2 is 2.33 bits per heavy atom. The van der Waals surface area contributed by atoms with Gasteiger partial charge in [0.25, 0.3) is 5.69 Å². The summed E-state index contributed by atoms with van der Waals surface area (Å²) in [7, 11) is 0. The normalized spacial score (nSPS) is 10.3. The van der Waals surface area contributed by atoms with Gasteiger partial charge in [0, 0.05) is 6.07 Å². The molecule has 0 saturated carbocycles. The molecule has 2 heterocycles. The summed E-state index contributed by atoms with van der Waals surface area (Å²) in [5, 5.41) is 10.6. The molecular weight excluding hydrogens is 242 g/mol. The number of hydrogen-bond acceptors (Lipinski definition) is 6. The van der Waals surface area contributed by atoms with Crippen molar-refractivity contribution in [2.45, 2.75) is 6.92 Å². The third-order valence-electron chi connectivity index (χ3n) is 2.12. The van der Waals surface area contributed by atoms with E-state index in [9.17, 15) is 14.9 Å². The Labute approximate surface area is 101 Å². The first-order valence-electron chi connectivity index (χ1n) is 5.08. The van der Waals surface area contributed by atoms with Crippen LogP contribution in [0.25, 0.3) is 5.65 Å². The molecule has 94 valence electrons. The van der Waals surface area contributed by atoms with E-state index < -0.39 is 11.1 Å². The van der Waals surface area contributed by atoms with Crippen LogP contribution in [0.1, 0.15) is 6.92 Å². The van der Waals surface area contributed by atoms with Crippen LogP contribution in [-0.4, -0.2) is 27.1 Å². The van der Waals surface area contributed by atoms with E-state index in [1.165, 1.54) is 28.9 Å². The van der Waals surface area contributed by atoms with Crippen LogP contribution >= 0.6 is 0 Å². The average molecular weight is 251 g/mol. The lowest BCUT2D eigenvalue weighted by atomic mass is 10.4. The molecule has 0 saturated heterocycles. The molecule has 0 radical (unpaired) electrons. The van der Waals surface area contributed by atoms with Crippen molar-refractivity contribution in [1.82, 2.24) is 9.38 Å². The lowest BCUT2D eigenvalue weighted by molar-refractivity contribution is -0.385. The minimum Gasteiger partial charge on any atom is -0.434 e. The highest BCUT2D eigenvalue weighted by molar-refractivity contribution is 5.63. The summed E-state index contributed by atoms with van der Waals surface area (Å²) < 4.78 is 10.8. The molecule has 0 aliphatic carbocycles. The van der Waals surface area contributed by atoms with E-state index in [0.717, 1.165) is 0 Å². The molecule has 0 aromatic carbocycles. The molecule has 18 heavy (non-hydrogen) atoms. The molecule has 8 nitrogen and oxygen atoms in total. The zero-order valence-electron chi connectivity index (χ0n) is 9.40. The van der Waals surface area contributed by atoms with E-state index in [1.54, 1.807) is 6.92 Å². The molecule has 0 aliphatic rings. The lowest BCUT2D eigenvalue weighted by Crippen LogP contribution is -2.11. The van der Waals surface area contributed by atoms with Crippen molar-refractivity contribution in [3.63, 3.8) is 0 Å². The van der Waals surface area contributed by atoms with Crippen LogP contribution in [0.15, 0.2) is 24.5 Å². The van der Waals surface area contributed by atoms with Crippen molar-refractivity contribution in [3.05, 3.63) is 34.6 Å². The second-order valence-corrected chi connectivity index (χ2v) is 3.25. The van der Waals surface area contributed by atoms with Crippen molar-refractivity contribution < 1.29 is 19.2 Å². The van der Waals surface area contributed by atoms with Gasteiger partial charge in [0.15, 0.2) is 0 Å². The minimum absolute atomic E-state index is 0.0622. The van der Waals surface area contributed by atoms with E-state index in [-0.39, 0.29) is 18.2 Å². The largest absolute Gasteiger partial charge is 0.515 e. The number of nitro groups is 1. The number of rotatable bonds is 3. The number of pyridine rings is 1.